The maximum Gasteiger partial charge on any atom is 0.290 e. The van der Waals surface area contributed by atoms with Gasteiger partial charge >= 0.3 is 0 Å². The van der Waals surface area contributed by atoms with Crippen LogP contribution < -0.4 is 9.47 Å². The molecule has 1 atom stereocenters. The minimum Gasteiger partial charge on any atom is -0.504 e. The number of Topliss-reactive ketones (excluding diaryl/α,β-unsaturated/α-hetero) is 1. The van der Waals surface area contributed by atoms with Crippen molar-refractivity contribution in [1.29, 1.82) is 0 Å². The van der Waals surface area contributed by atoms with Gasteiger partial charge in [0.2, 0.25) is 0 Å². The Hall–Kier alpha value is -3.94. The number of fused-ring (bicyclic) bond motifs is 1. The average Bonchev–Trinajstić information content (AvgIpc) is 3.32. The molecule has 1 aromatic heterocycles. The van der Waals surface area contributed by atoms with Gasteiger partial charge in [-0.2, -0.15) is 0 Å². The van der Waals surface area contributed by atoms with Gasteiger partial charge in [-0.1, -0.05) is 6.07 Å². The number of ether oxygens (including phenoxy) is 2. The number of methoxy groups -OCH3 is 1. The Balaban J connectivity index is 1.69. The fraction of sp³-hybridized carbons (Fsp3) is 0.280. The van der Waals surface area contributed by atoms with Crippen molar-refractivity contribution >= 4 is 22.6 Å². The summed E-state index contributed by atoms with van der Waals surface area (Å²) in [5, 5.41) is 21.6. The van der Waals surface area contributed by atoms with E-state index in [1.165, 1.54) is 17.9 Å². The Morgan fingerprint density at radius 1 is 1.18 bits per heavy atom. The second kappa shape index (κ2) is 8.90. The summed E-state index contributed by atoms with van der Waals surface area (Å²) in [6.45, 7) is 3.72. The number of hydrogen-bond donors (Lipinski definition) is 3. The molecule has 3 N–H and O–H groups in total. The second-order valence-corrected chi connectivity index (χ2v) is 7.86. The van der Waals surface area contributed by atoms with Crippen LogP contribution in [-0.2, 0) is 16.0 Å². The van der Waals surface area contributed by atoms with Crippen molar-refractivity contribution in [2.24, 2.45) is 0 Å². The summed E-state index contributed by atoms with van der Waals surface area (Å²) in [4.78, 5) is 30.0. The molecule has 8 heteroatoms. The molecule has 2 heterocycles. The van der Waals surface area contributed by atoms with E-state index in [0.717, 1.165) is 22.2 Å². The van der Waals surface area contributed by atoms with Crippen LogP contribution in [0, 0.1) is 0 Å². The number of benzene rings is 2. The van der Waals surface area contributed by atoms with E-state index in [-0.39, 0.29) is 23.6 Å². The third kappa shape index (κ3) is 4.00. The molecule has 0 radical (unpaired) electrons. The van der Waals surface area contributed by atoms with Crippen LogP contribution in [0.25, 0.3) is 10.9 Å². The zero-order valence-corrected chi connectivity index (χ0v) is 18.7. The van der Waals surface area contributed by atoms with E-state index in [0.29, 0.717) is 18.6 Å². The number of ketones is 1. The zero-order chi connectivity index (χ0) is 23.7. The van der Waals surface area contributed by atoms with Crippen molar-refractivity contribution in [3.8, 4) is 17.2 Å². The zero-order valence-electron chi connectivity index (χ0n) is 18.7. The molecule has 2 aromatic carbocycles. The highest BCUT2D eigenvalue weighted by molar-refractivity contribution is 6.08. The Morgan fingerprint density at radius 3 is 2.67 bits per heavy atom. The van der Waals surface area contributed by atoms with E-state index in [2.05, 4.69) is 4.98 Å². The van der Waals surface area contributed by atoms with E-state index < -0.39 is 23.5 Å². The summed E-state index contributed by atoms with van der Waals surface area (Å²) in [5.74, 6) is -0.601. The number of phenolic OH excluding ortho intramolecular Hbond substituents is 1. The third-order valence-corrected chi connectivity index (χ3v) is 5.88. The van der Waals surface area contributed by atoms with Crippen LogP contribution in [0.3, 0.4) is 0 Å². The van der Waals surface area contributed by atoms with Gasteiger partial charge in [-0.05, 0) is 61.7 Å². The molecule has 33 heavy (non-hydrogen) atoms. The summed E-state index contributed by atoms with van der Waals surface area (Å²) in [7, 11) is 1.60. The first kappa shape index (κ1) is 22.3. The number of hydrogen-bond acceptors (Lipinski definition) is 6. The Morgan fingerprint density at radius 2 is 1.97 bits per heavy atom. The second-order valence-electron chi connectivity index (χ2n) is 7.86. The number of phenols is 1. The van der Waals surface area contributed by atoms with Crippen LogP contribution in [0.5, 0.6) is 17.2 Å². The molecule has 0 saturated heterocycles. The maximum atomic E-state index is 13.0. The first-order valence-electron chi connectivity index (χ1n) is 10.7. The van der Waals surface area contributed by atoms with E-state index in [1.807, 2.05) is 24.4 Å². The number of H-pyrrole nitrogens is 1. The number of aromatic nitrogens is 1. The van der Waals surface area contributed by atoms with Crippen LogP contribution in [0.2, 0.25) is 0 Å². The van der Waals surface area contributed by atoms with Crippen LogP contribution >= 0.6 is 0 Å². The average molecular weight is 450 g/mol. The molecular weight excluding hydrogens is 424 g/mol. The molecule has 0 aliphatic carbocycles. The molecule has 0 spiro atoms. The van der Waals surface area contributed by atoms with E-state index in [4.69, 9.17) is 9.47 Å². The van der Waals surface area contributed by atoms with Crippen LogP contribution in [0.4, 0.5) is 0 Å². The van der Waals surface area contributed by atoms with Crippen molar-refractivity contribution in [2.45, 2.75) is 26.3 Å². The highest BCUT2D eigenvalue weighted by Crippen LogP contribution is 2.40. The molecule has 3 aromatic rings. The summed E-state index contributed by atoms with van der Waals surface area (Å²) in [6, 6.07) is 9.62. The van der Waals surface area contributed by atoms with Gasteiger partial charge in [-0.15, -0.1) is 0 Å². The number of aliphatic hydroxyl groups excluding tert-OH is 1. The number of nitrogens with zero attached hydrogens (tertiary/aromatic N) is 1. The lowest BCUT2D eigenvalue weighted by atomic mass is 9.96. The van der Waals surface area contributed by atoms with Gasteiger partial charge in [0.25, 0.3) is 5.91 Å². The van der Waals surface area contributed by atoms with Crippen molar-refractivity contribution in [1.82, 2.24) is 9.88 Å². The predicted octanol–water partition coefficient (Wildman–Crippen LogP) is 3.81. The topological polar surface area (TPSA) is 112 Å². The standard InChI is InChI=1S/C25H26N2O6/c1-4-33-21-11-15(5-8-20(21)29)23-22(14(2)28)24(30)25(31)27(23)10-9-16-13-26-19-7-6-17(32-3)12-18(16)19/h5-8,11-13,23,26,29-30H,4,9-10H2,1-3H3/t23-/m0/s1. The monoisotopic (exact) mass is 450 g/mol. The predicted molar refractivity (Wildman–Crippen MR) is 123 cm³/mol. The number of carbonyl (C=O) groups is 2. The van der Waals surface area contributed by atoms with Crippen molar-refractivity contribution in [3.05, 3.63) is 65.1 Å². The molecule has 0 bridgehead atoms. The van der Waals surface area contributed by atoms with Crippen LogP contribution in [-0.4, -0.2) is 52.0 Å². The minimum absolute atomic E-state index is 0.0359. The fourth-order valence-corrected chi connectivity index (χ4v) is 4.29. The van der Waals surface area contributed by atoms with Gasteiger partial charge in [0.05, 0.1) is 25.3 Å². The minimum atomic E-state index is -0.783. The highest BCUT2D eigenvalue weighted by Gasteiger charge is 2.42. The first-order chi connectivity index (χ1) is 15.8. The highest BCUT2D eigenvalue weighted by atomic mass is 16.5. The Bertz CT molecular complexity index is 1260. The summed E-state index contributed by atoms with van der Waals surface area (Å²) in [5.41, 5.74) is 2.53. The molecule has 1 aliphatic rings. The number of nitrogens with one attached hydrogen (secondary N) is 1. The van der Waals surface area contributed by atoms with E-state index in [1.54, 1.807) is 26.2 Å². The largest absolute Gasteiger partial charge is 0.504 e. The summed E-state index contributed by atoms with van der Waals surface area (Å²) < 4.78 is 10.8. The molecular formula is C25H26N2O6. The lowest BCUT2D eigenvalue weighted by Gasteiger charge is -2.27. The number of carbonyl (C=O) groups excluding carboxylic acids is 2. The van der Waals surface area contributed by atoms with Gasteiger partial charge in [-0.3, -0.25) is 9.59 Å². The van der Waals surface area contributed by atoms with Gasteiger partial charge in [0.15, 0.2) is 23.0 Å². The van der Waals surface area contributed by atoms with Crippen LogP contribution in [0.15, 0.2) is 53.9 Å². The number of aromatic hydroxyl groups is 1. The molecule has 1 aliphatic heterocycles. The van der Waals surface area contributed by atoms with Gasteiger partial charge in [0.1, 0.15) is 5.75 Å². The molecule has 172 valence electrons. The van der Waals surface area contributed by atoms with Gasteiger partial charge in [0, 0.05) is 23.6 Å². The normalized spacial score (nSPS) is 16.0. The molecule has 0 fully saturated rings. The van der Waals surface area contributed by atoms with Crippen molar-refractivity contribution < 1.29 is 29.3 Å². The third-order valence-electron chi connectivity index (χ3n) is 5.88. The quantitative estimate of drug-likeness (QED) is 0.481. The number of amides is 1. The lowest BCUT2D eigenvalue weighted by Crippen LogP contribution is -2.32. The van der Waals surface area contributed by atoms with Crippen molar-refractivity contribution in [3.63, 3.8) is 0 Å². The Kier molecular flexibility index (Phi) is 6.00. The molecule has 8 nitrogen and oxygen atoms in total. The molecule has 0 unspecified atom stereocenters. The van der Waals surface area contributed by atoms with E-state index >= 15 is 0 Å². The number of aromatic amines is 1. The summed E-state index contributed by atoms with van der Waals surface area (Å²) >= 11 is 0. The molecule has 1 amide bonds. The number of rotatable bonds is 8. The number of aliphatic hydroxyl groups is 1. The van der Waals surface area contributed by atoms with Gasteiger partial charge in [-0.25, -0.2) is 0 Å². The Labute approximate surface area is 191 Å². The van der Waals surface area contributed by atoms with Crippen LogP contribution in [0.1, 0.15) is 31.0 Å². The molecule has 4 rings (SSSR count). The lowest BCUT2D eigenvalue weighted by molar-refractivity contribution is -0.129. The molecule has 0 saturated carbocycles. The summed E-state index contributed by atoms with van der Waals surface area (Å²) in [6.07, 6.45) is 2.37. The smallest absolute Gasteiger partial charge is 0.290 e. The van der Waals surface area contributed by atoms with Gasteiger partial charge < -0.3 is 29.6 Å². The maximum absolute atomic E-state index is 13.0. The van der Waals surface area contributed by atoms with Crippen molar-refractivity contribution in [2.75, 3.05) is 20.3 Å². The SMILES string of the molecule is CCOc1cc([C@H]2C(C(C)=O)=C(O)C(=O)N2CCc2c[nH]c3ccc(OC)cc23)ccc1O. The first-order valence-corrected chi connectivity index (χ1v) is 10.7. The fourth-order valence-electron chi connectivity index (χ4n) is 4.29. The van der Waals surface area contributed by atoms with E-state index in [9.17, 15) is 19.8 Å².